The van der Waals surface area contributed by atoms with Crippen LogP contribution in [0, 0.1) is 10.1 Å². The first-order valence-corrected chi connectivity index (χ1v) is 7.00. The maximum Gasteiger partial charge on any atom is 0.328 e. The lowest BCUT2D eigenvalue weighted by atomic mass is 10.2. The summed E-state index contributed by atoms with van der Waals surface area (Å²) in [5.41, 5.74) is 0.703. The van der Waals surface area contributed by atoms with E-state index in [2.05, 4.69) is 4.98 Å². The van der Waals surface area contributed by atoms with Crippen LogP contribution in [0.5, 0.6) is 0 Å². The number of benzene rings is 1. The molecule has 1 aliphatic heterocycles. The van der Waals surface area contributed by atoms with Gasteiger partial charge in [-0.1, -0.05) is 0 Å². The van der Waals surface area contributed by atoms with Crippen molar-refractivity contribution < 1.29 is 14.5 Å². The fourth-order valence-corrected chi connectivity index (χ4v) is 2.80. The van der Waals surface area contributed by atoms with Gasteiger partial charge in [-0.25, -0.2) is 9.78 Å². The molecule has 0 N–H and O–H groups in total. The van der Waals surface area contributed by atoms with Crippen LogP contribution in [-0.4, -0.2) is 35.6 Å². The molecule has 0 bridgehead atoms. The van der Waals surface area contributed by atoms with E-state index < -0.39 is 4.92 Å². The molecule has 0 unspecified atom stereocenters. The van der Waals surface area contributed by atoms with Gasteiger partial charge in [-0.05, 0) is 31.0 Å². The van der Waals surface area contributed by atoms with Gasteiger partial charge in [0.15, 0.2) is 0 Å². The predicted molar refractivity (Wildman–Crippen MR) is 80.8 cm³/mol. The van der Waals surface area contributed by atoms with E-state index in [9.17, 15) is 14.9 Å². The lowest BCUT2D eigenvalue weighted by Gasteiger charge is -2.23. The van der Waals surface area contributed by atoms with Gasteiger partial charge in [0.2, 0.25) is 0 Å². The molecular weight excluding hydrogens is 286 g/mol. The summed E-state index contributed by atoms with van der Waals surface area (Å²) in [6.45, 7) is 0.741. The maximum atomic E-state index is 11.8. The van der Waals surface area contributed by atoms with E-state index in [4.69, 9.17) is 4.74 Å². The Morgan fingerprint density at radius 3 is 2.95 bits per heavy atom. The minimum absolute atomic E-state index is 0.0376. The Labute approximate surface area is 126 Å². The van der Waals surface area contributed by atoms with Crippen LogP contribution in [0.1, 0.15) is 12.8 Å². The Hall–Kier alpha value is -2.70. The van der Waals surface area contributed by atoms with Gasteiger partial charge in [0.25, 0.3) is 5.69 Å². The van der Waals surface area contributed by atoms with Crippen molar-refractivity contribution in [3.8, 4) is 0 Å². The summed E-state index contributed by atoms with van der Waals surface area (Å²) >= 11 is 0. The minimum Gasteiger partial charge on any atom is -0.467 e. The standard InChI is InChI=1S/C15H15N3O4/c1-22-15(19)13-3-2-8-17(13)14-7-4-10-9-11(18(20)21)5-6-12(10)16-14/h4-7,9,13H,2-3,8H2,1H3/t13-/m0/s1. The molecule has 1 aromatic heterocycles. The number of nitro groups is 1. The molecule has 0 aliphatic carbocycles. The maximum absolute atomic E-state index is 11.8. The number of carbonyl (C=O) groups is 1. The summed E-state index contributed by atoms with van der Waals surface area (Å²) in [5.74, 6) is 0.428. The van der Waals surface area contributed by atoms with Crippen LogP contribution in [0.25, 0.3) is 10.9 Å². The number of pyridine rings is 1. The smallest absolute Gasteiger partial charge is 0.328 e. The Morgan fingerprint density at radius 2 is 2.23 bits per heavy atom. The first-order valence-electron chi connectivity index (χ1n) is 7.00. The van der Waals surface area contributed by atoms with Gasteiger partial charge in [0, 0.05) is 24.1 Å². The van der Waals surface area contributed by atoms with Crippen molar-refractivity contribution >= 4 is 28.4 Å². The summed E-state index contributed by atoms with van der Waals surface area (Å²) in [5, 5.41) is 11.5. The summed E-state index contributed by atoms with van der Waals surface area (Å²) in [6, 6.07) is 7.81. The molecule has 1 aliphatic rings. The number of nitrogens with zero attached hydrogens (tertiary/aromatic N) is 3. The summed E-state index contributed by atoms with van der Waals surface area (Å²) in [4.78, 5) is 28.6. The molecule has 0 amide bonds. The third kappa shape index (κ3) is 2.45. The van der Waals surface area contributed by atoms with E-state index >= 15 is 0 Å². The molecule has 3 rings (SSSR count). The van der Waals surface area contributed by atoms with Gasteiger partial charge in [-0.3, -0.25) is 10.1 Å². The predicted octanol–water partition coefficient (Wildman–Crippen LogP) is 2.28. The number of nitro benzene ring substituents is 1. The third-order valence-corrected chi connectivity index (χ3v) is 3.89. The lowest BCUT2D eigenvalue weighted by molar-refractivity contribution is -0.384. The van der Waals surface area contributed by atoms with Crippen LogP contribution in [0.2, 0.25) is 0 Å². The second-order valence-corrected chi connectivity index (χ2v) is 5.18. The van der Waals surface area contributed by atoms with Gasteiger partial charge in [0.05, 0.1) is 17.5 Å². The number of aromatic nitrogens is 1. The normalized spacial score (nSPS) is 17.7. The molecule has 1 aromatic carbocycles. The number of fused-ring (bicyclic) bond motifs is 1. The molecule has 7 heteroatoms. The fourth-order valence-electron chi connectivity index (χ4n) is 2.80. The zero-order valence-electron chi connectivity index (χ0n) is 12.1. The van der Waals surface area contributed by atoms with Crippen LogP contribution in [0.15, 0.2) is 30.3 Å². The molecule has 0 saturated carbocycles. The average molecular weight is 301 g/mol. The van der Waals surface area contributed by atoms with Crippen molar-refractivity contribution in [2.24, 2.45) is 0 Å². The quantitative estimate of drug-likeness (QED) is 0.491. The lowest BCUT2D eigenvalue weighted by Crippen LogP contribution is -2.37. The van der Waals surface area contributed by atoms with Crippen molar-refractivity contribution in [2.45, 2.75) is 18.9 Å². The van der Waals surface area contributed by atoms with Crippen molar-refractivity contribution in [3.05, 3.63) is 40.4 Å². The summed E-state index contributed by atoms with van der Waals surface area (Å²) in [6.07, 6.45) is 1.65. The van der Waals surface area contributed by atoms with E-state index in [1.165, 1.54) is 19.2 Å². The second kappa shape index (κ2) is 5.59. The number of carbonyl (C=O) groups excluding carboxylic acids is 1. The van der Waals surface area contributed by atoms with E-state index in [0.29, 0.717) is 16.7 Å². The molecule has 2 aromatic rings. The highest BCUT2D eigenvalue weighted by atomic mass is 16.6. The van der Waals surface area contributed by atoms with E-state index in [1.807, 2.05) is 4.90 Å². The van der Waals surface area contributed by atoms with Gasteiger partial charge in [0.1, 0.15) is 11.9 Å². The van der Waals surface area contributed by atoms with Crippen LogP contribution in [0.4, 0.5) is 11.5 Å². The van der Waals surface area contributed by atoms with Crippen molar-refractivity contribution in [3.63, 3.8) is 0 Å². The second-order valence-electron chi connectivity index (χ2n) is 5.18. The molecule has 0 spiro atoms. The Kier molecular flexibility index (Phi) is 3.62. The van der Waals surface area contributed by atoms with Crippen LogP contribution >= 0.6 is 0 Å². The van der Waals surface area contributed by atoms with E-state index in [1.54, 1.807) is 18.2 Å². The molecule has 22 heavy (non-hydrogen) atoms. The number of methoxy groups -OCH3 is 1. The number of ether oxygens (including phenoxy) is 1. The topological polar surface area (TPSA) is 85.6 Å². The summed E-state index contributed by atoms with van der Waals surface area (Å²) in [7, 11) is 1.38. The first kappa shape index (κ1) is 14.2. The molecular formula is C15H15N3O4. The van der Waals surface area contributed by atoms with Crippen molar-refractivity contribution in [1.82, 2.24) is 4.98 Å². The number of esters is 1. The van der Waals surface area contributed by atoms with Crippen LogP contribution < -0.4 is 4.90 Å². The zero-order valence-corrected chi connectivity index (χ0v) is 12.1. The highest BCUT2D eigenvalue weighted by molar-refractivity contribution is 5.84. The van der Waals surface area contributed by atoms with Crippen LogP contribution in [0.3, 0.4) is 0 Å². The molecule has 1 atom stereocenters. The minimum atomic E-state index is -0.429. The van der Waals surface area contributed by atoms with Gasteiger partial charge >= 0.3 is 5.97 Å². The molecule has 1 saturated heterocycles. The monoisotopic (exact) mass is 301 g/mol. The number of anilines is 1. The Balaban J connectivity index is 1.96. The third-order valence-electron chi connectivity index (χ3n) is 3.89. The number of hydrogen-bond acceptors (Lipinski definition) is 6. The molecule has 0 radical (unpaired) electrons. The SMILES string of the molecule is COC(=O)[C@@H]1CCCN1c1ccc2cc([N+](=O)[O-])ccc2n1. The van der Waals surface area contributed by atoms with Crippen LogP contribution in [-0.2, 0) is 9.53 Å². The highest BCUT2D eigenvalue weighted by Gasteiger charge is 2.32. The first-order chi connectivity index (χ1) is 10.6. The number of hydrogen-bond donors (Lipinski definition) is 0. The number of rotatable bonds is 3. The van der Waals surface area contributed by atoms with E-state index in [0.717, 1.165) is 19.4 Å². The average Bonchev–Trinajstić information content (AvgIpc) is 3.02. The molecule has 1 fully saturated rings. The number of non-ortho nitro benzene ring substituents is 1. The fraction of sp³-hybridized carbons (Fsp3) is 0.333. The van der Waals surface area contributed by atoms with Gasteiger partial charge in [-0.15, -0.1) is 0 Å². The molecule has 114 valence electrons. The van der Waals surface area contributed by atoms with Gasteiger partial charge < -0.3 is 9.64 Å². The largest absolute Gasteiger partial charge is 0.467 e. The summed E-state index contributed by atoms with van der Waals surface area (Å²) < 4.78 is 4.83. The van der Waals surface area contributed by atoms with E-state index in [-0.39, 0.29) is 17.7 Å². The van der Waals surface area contributed by atoms with Crippen molar-refractivity contribution in [2.75, 3.05) is 18.6 Å². The Bertz CT molecular complexity index is 747. The Morgan fingerprint density at radius 1 is 1.41 bits per heavy atom. The highest BCUT2D eigenvalue weighted by Crippen LogP contribution is 2.27. The van der Waals surface area contributed by atoms with Crippen molar-refractivity contribution in [1.29, 1.82) is 0 Å². The molecule has 7 nitrogen and oxygen atoms in total. The zero-order chi connectivity index (χ0) is 15.7. The molecule has 2 heterocycles. The van der Waals surface area contributed by atoms with Gasteiger partial charge in [-0.2, -0.15) is 0 Å².